The summed E-state index contributed by atoms with van der Waals surface area (Å²) < 4.78 is 18.5. The zero-order valence-corrected chi connectivity index (χ0v) is 20.5. The lowest BCUT2D eigenvalue weighted by Crippen LogP contribution is -2.07. The van der Waals surface area contributed by atoms with E-state index in [1.807, 2.05) is 0 Å². The summed E-state index contributed by atoms with van der Waals surface area (Å²) in [6.07, 6.45) is 4.61. The average Bonchev–Trinajstić information content (AvgIpc) is 3.44. The molecular weight excluding hydrogens is 507 g/mol. The Balaban J connectivity index is 1.36. The van der Waals surface area contributed by atoms with E-state index in [4.69, 9.17) is 16.0 Å². The molecule has 3 aromatic carbocycles. The molecule has 0 saturated heterocycles. The van der Waals surface area contributed by atoms with Crippen LogP contribution in [0.2, 0.25) is 5.02 Å². The van der Waals surface area contributed by atoms with Gasteiger partial charge in [-0.2, -0.15) is 15.0 Å². The Bertz CT molecular complexity index is 1490. The van der Waals surface area contributed by atoms with Gasteiger partial charge in [0.1, 0.15) is 11.6 Å². The molecule has 0 bridgehead atoms. The summed E-state index contributed by atoms with van der Waals surface area (Å²) in [4.78, 5) is 25.8. The largest absolute Gasteiger partial charge is 0.465 e. The third-order valence-corrected chi connectivity index (χ3v) is 5.46. The van der Waals surface area contributed by atoms with Crippen LogP contribution in [0.1, 0.15) is 16.1 Å². The molecule has 0 saturated carbocycles. The Morgan fingerprint density at radius 1 is 0.737 bits per heavy atom. The minimum absolute atomic E-state index is 0.159. The molecule has 0 aliphatic carbocycles. The SMILES string of the molecule is O=C(/C=C/c1ccco1)c1ccc(Nc2nc(Nc3ccc(F)cc3)nc(Nc3ccc(Cl)cc3)n2)cc1. The highest BCUT2D eigenvalue weighted by molar-refractivity contribution is 6.30. The second-order valence-corrected chi connectivity index (χ2v) is 8.42. The first-order valence-corrected chi connectivity index (χ1v) is 11.8. The lowest BCUT2D eigenvalue weighted by molar-refractivity contribution is 0.104. The number of nitrogens with one attached hydrogen (secondary N) is 3. The molecule has 0 aliphatic heterocycles. The van der Waals surface area contributed by atoms with Crippen molar-refractivity contribution in [3.63, 3.8) is 0 Å². The predicted molar refractivity (Wildman–Crippen MR) is 146 cm³/mol. The summed E-state index contributed by atoms with van der Waals surface area (Å²) in [5.74, 6) is 0.840. The van der Waals surface area contributed by atoms with Crippen molar-refractivity contribution in [3.05, 3.63) is 119 Å². The number of rotatable bonds is 9. The van der Waals surface area contributed by atoms with E-state index in [2.05, 4.69) is 30.9 Å². The first-order valence-electron chi connectivity index (χ1n) is 11.4. The third-order valence-electron chi connectivity index (χ3n) is 5.20. The van der Waals surface area contributed by atoms with Gasteiger partial charge in [0.2, 0.25) is 17.8 Å². The van der Waals surface area contributed by atoms with Crippen LogP contribution in [0.15, 0.2) is 102 Å². The number of hydrogen-bond acceptors (Lipinski definition) is 8. The number of carbonyl (C=O) groups is 1. The molecule has 3 N–H and O–H groups in total. The molecule has 38 heavy (non-hydrogen) atoms. The number of benzene rings is 3. The van der Waals surface area contributed by atoms with E-state index in [1.165, 1.54) is 18.2 Å². The van der Waals surface area contributed by atoms with E-state index in [0.29, 0.717) is 27.7 Å². The van der Waals surface area contributed by atoms with Crippen LogP contribution < -0.4 is 16.0 Å². The fourth-order valence-electron chi connectivity index (χ4n) is 3.36. The highest BCUT2D eigenvalue weighted by Crippen LogP contribution is 2.22. The standard InChI is InChI=1S/C28H20ClFN6O2/c29-19-5-11-22(12-6-19)32-27-34-26(35-28(36-27)33-23-13-7-20(30)8-14-23)31-21-9-3-18(4-10-21)25(37)16-15-24-2-1-17-38-24/h1-17H,(H3,31,32,33,34,35,36)/b16-15+. The zero-order valence-electron chi connectivity index (χ0n) is 19.7. The van der Waals surface area contributed by atoms with Gasteiger partial charge in [0.25, 0.3) is 0 Å². The number of allylic oxidation sites excluding steroid dienone is 1. The fraction of sp³-hybridized carbons (Fsp3) is 0. The van der Waals surface area contributed by atoms with Gasteiger partial charge in [-0.05, 0) is 97.1 Å². The Hall–Kier alpha value is -5.02. The van der Waals surface area contributed by atoms with Gasteiger partial charge in [0, 0.05) is 27.6 Å². The Labute approximate surface area is 222 Å². The monoisotopic (exact) mass is 526 g/mol. The van der Waals surface area contributed by atoms with Crippen molar-refractivity contribution in [3.8, 4) is 0 Å². The van der Waals surface area contributed by atoms with Gasteiger partial charge in [-0.15, -0.1) is 0 Å². The normalized spacial score (nSPS) is 10.9. The van der Waals surface area contributed by atoms with E-state index >= 15 is 0 Å². The van der Waals surface area contributed by atoms with Gasteiger partial charge >= 0.3 is 0 Å². The Morgan fingerprint density at radius 3 is 1.74 bits per heavy atom. The van der Waals surface area contributed by atoms with E-state index in [1.54, 1.807) is 85.1 Å². The van der Waals surface area contributed by atoms with Crippen LogP contribution in [0.3, 0.4) is 0 Å². The van der Waals surface area contributed by atoms with Crippen LogP contribution in [-0.4, -0.2) is 20.7 Å². The van der Waals surface area contributed by atoms with E-state index in [0.717, 1.165) is 5.69 Å². The molecule has 188 valence electrons. The Kier molecular flexibility index (Phi) is 7.37. The topological polar surface area (TPSA) is 105 Å². The van der Waals surface area contributed by atoms with Crippen LogP contribution in [0, 0.1) is 5.82 Å². The molecule has 0 unspecified atom stereocenters. The fourth-order valence-corrected chi connectivity index (χ4v) is 3.48. The molecule has 8 nitrogen and oxygen atoms in total. The number of furan rings is 1. The molecule has 0 fully saturated rings. The zero-order chi connectivity index (χ0) is 26.3. The van der Waals surface area contributed by atoms with Crippen molar-refractivity contribution in [2.75, 3.05) is 16.0 Å². The van der Waals surface area contributed by atoms with Crippen LogP contribution in [0.5, 0.6) is 0 Å². The molecule has 0 amide bonds. The maximum absolute atomic E-state index is 13.3. The highest BCUT2D eigenvalue weighted by atomic mass is 35.5. The van der Waals surface area contributed by atoms with Crippen molar-refractivity contribution in [2.45, 2.75) is 0 Å². The second kappa shape index (κ2) is 11.4. The summed E-state index contributed by atoms with van der Waals surface area (Å²) in [5, 5.41) is 9.90. The molecule has 5 rings (SSSR count). The number of nitrogens with zero attached hydrogens (tertiary/aromatic N) is 3. The van der Waals surface area contributed by atoms with Crippen molar-refractivity contribution < 1.29 is 13.6 Å². The van der Waals surface area contributed by atoms with Gasteiger partial charge in [-0.25, -0.2) is 4.39 Å². The molecule has 0 radical (unpaired) electrons. The van der Waals surface area contributed by atoms with Gasteiger partial charge in [0.05, 0.1) is 6.26 Å². The first kappa shape index (κ1) is 24.7. The number of anilines is 6. The summed E-state index contributed by atoms with van der Waals surface area (Å²) in [6.45, 7) is 0. The summed E-state index contributed by atoms with van der Waals surface area (Å²) in [6, 6.07) is 23.3. The highest BCUT2D eigenvalue weighted by Gasteiger charge is 2.10. The molecule has 10 heteroatoms. The summed E-state index contributed by atoms with van der Waals surface area (Å²) >= 11 is 5.98. The number of halogens is 2. The molecule has 0 atom stereocenters. The molecule has 0 spiro atoms. The number of hydrogen-bond donors (Lipinski definition) is 3. The number of ketones is 1. The Morgan fingerprint density at radius 2 is 1.24 bits per heavy atom. The smallest absolute Gasteiger partial charge is 0.233 e. The van der Waals surface area contributed by atoms with Gasteiger partial charge < -0.3 is 20.4 Å². The molecule has 0 aliphatic rings. The predicted octanol–water partition coefficient (Wildman–Crippen LogP) is 7.38. The van der Waals surface area contributed by atoms with Gasteiger partial charge in [-0.1, -0.05) is 11.6 Å². The summed E-state index contributed by atoms with van der Waals surface area (Å²) in [7, 11) is 0. The lowest BCUT2D eigenvalue weighted by atomic mass is 10.1. The van der Waals surface area contributed by atoms with Crippen LogP contribution in [0.4, 0.5) is 39.3 Å². The molecule has 2 heterocycles. The van der Waals surface area contributed by atoms with E-state index in [-0.39, 0.29) is 29.4 Å². The number of aromatic nitrogens is 3. The van der Waals surface area contributed by atoms with E-state index < -0.39 is 0 Å². The average molecular weight is 527 g/mol. The summed E-state index contributed by atoms with van der Waals surface area (Å²) in [5.41, 5.74) is 2.50. The minimum Gasteiger partial charge on any atom is -0.465 e. The third kappa shape index (κ3) is 6.59. The van der Waals surface area contributed by atoms with Crippen LogP contribution in [-0.2, 0) is 0 Å². The van der Waals surface area contributed by atoms with Crippen molar-refractivity contribution in [1.82, 2.24) is 15.0 Å². The van der Waals surface area contributed by atoms with Gasteiger partial charge in [-0.3, -0.25) is 4.79 Å². The molecule has 5 aromatic rings. The van der Waals surface area contributed by atoms with Crippen molar-refractivity contribution in [2.24, 2.45) is 0 Å². The first-order chi connectivity index (χ1) is 18.5. The van der Waals surface area contributed by atoms with Crippen molar-refractivity contribution in [1.29, 1.82) is 0 Å². The quantitative estimate of drug-likeness (QED) is 0.135. The van der Waals surface area contributed by atoms with Crippen molar-refractivity contribution >= 4 is 58.4 Å². The van der Waals surface area contributed by atoms with Crippen LogP contribution >= 0.6 is 11.6 Å². The number of carbonyl (C=O) groups excluding carboxylic acids is 1. The van der Waals surface area contributed by atoms with Gasteiger partial charge in [0.15, 0.2) is 5.78 Å². The maximum Gasteiger partial charge on any atom is 0.233 e. The molecule has 2 aromatic heterocycles. The molecular formula is C28H20ClFN6O2. The second-order valence-electron chi connectivity index (χ2n) is 7.99. The van der Waals surface area contributed by atoms with E-state index in [9.17, 15) is 9.18 Å². The lowest BCUT2D eigenvalue weighted by Gasteiger charge is -2.12. The van der Waals surface area contributed by atoms with Crippen LogP contribution in [0.25, 0.3) is 6.08 Å². The minimum atomic E-state index is -0.350. The maximum atomic E-state index is 13.3.